The largest absolute Gasteiger partial charge is 0.490 e. The molecular formula is C37H44F4O5. The van der Waals surface area contributed by atoms with Crippen LogP contribution in [0.25, 0.3) is 22.3 Å². The number of carbonyl (C=O) groups is 1. The van der Waals surface area contributed by atoms with Gasteiger partial charge in [-0.25, -0.2) is 8.78 Å². The van der Waals surface area contributed by atoms with E-state index >= 15 is 4.39 Å². The van der Waals surface area contributed by atoms with Gasteiger partial charge in [-0.1, -0.05) is 89.5 Å². The molecule has 9 heteroatoms. The summed E-state index contributed by atoms with van der Waals surface area (Å²) in [5.74, 6) is -6.85. The molecule has 3 aromatic carbocycles. The number of esters is 1. The molecule has 250 valence electrons. The summed E-state index contributed by atoms with van der Waals surface area (Å²) in [6, 6.07) is 11.3. The van der Waals surface area contributed by atoms with Crippen LogP contribution in [-0.2, 0) is 14.3 Å². The highest BCUT2D eigenvalue weighted by Gasteiger charge is 2.30. The predicted molar refractivity (Wildman–Crippen MR) is 170 cm³/mol. The number of ether oxygens (including phenoxy) is 4. The van der Waals surface area contributed by atoms with Gasteiger partial charge in [-0.05, 0) is 54.7 Å². The van der Waals surface area contributed by atoms with Gasteiger partial charge in [0.1, 0.15) is 5.92 Å². The van der Waals surface area contributed by atoms with Gasteiger partial charge in [-0.15, -0.1) is 0 Å². The Kier molecular flexibility index (Phi) is 13.9. The van der Waals surface area contributed by atoms with E-state index in [2.05, 4.69) is 13.8 Å². The Morgan fingerprint density at radius 1 is 0.652 bits per heavy atom. The van der Waals surface area contributed by atoms with Crippen molar-refractivity contribution in [3.63, 3.8) is 0 Å². The van der Waals surface area contributed by atoms with Crippen molar-refractivity contribution in [1.29, 1.82) is 0 Å². The number of halogens is 4. The zero-order valence-electron chi connectivity index (χ0n) is 26.7. The molecule has 46 heavy (non-hydrogen) atoms. The van der Waals surface area contributed by atoms with Gasteiger partial charge in [0.25, 0.3) is 0 Å². The van der Waals surface area contributed by atoms with Crippen LogP contribution in [0.15, 0.2) is 48.5 Å². The molecule has 1 aliphatic rings. The van der Waals surface area contributed by atoms with Crippen LogP contribution in [0.4, 0.5) is 17.6 Å². The first-order chi connectivity index (χ1) is 22.3. The minimum absolute atomic E-state index is 0.0178. The van der Waals surface area contributed by atoms with Gasteiger partial charge < -0.3 is 18.9 Å². The topological polar surface area (TPSA) is 54.0 Å². The SMILES string of the molecule is CCCCCCCCCOc1ccc(-c2ccc(-c3ccc(OC(=O)C4COC(CCCCC)OC4)c(F)c3F)cc2)c(F)c1F. The molecule has 1 heterocycles. The lowest BCUT2D eigenvalue weighted by molar-refractivity contribution is -0.208. The molecule has 3 aromatic rings. The van der Waals surface area contributed by atoms with Crippen molar-refractivity contribution in [2.45, 2.75) is 90.8 Å². The molecule has 5 nitrogen and oxygen atoms in total. The summed E-state index contributed by atoms with van der Waals surface area (Å²) in [5, 5.41) is 0. The molecule has 1 aliphatic heterocycles. The highest BCUT2D eigenvalue weighted by Crippen LogP contribution is 2.34. The van der Waals surface area contributed by atoms with E-state index in [0.717, 1.165) is 44.9 Å². The Hall–Kier alpha value is -3.43. The standard InChI is InChI=1S/C37H44F4O5/c1-3-5-7-8-9-10-12-22-43-30-20-18-28(33(38)35(30)40)25-14-16-26(17-15-25)29-19-21-31(36(41)34(29)39)46-37(42)27-23-44-32(45-24-27)13-11-6-4-2/h14-21,27,32H,3-13,22-24H2,1-2H3. The van der Waals surface area contributed by atoms with Crippen LogP contribution in [-0.4, -0.2) is 32.1 Å². The summed E-state index contributed by atoms with van der Waals surface area (Å²) in [6.07, 6.45) is 11.0. The van der Waals surface area contributed by atoms with E-state index in [1.54, 1.807) is 0 Å². The first-order valence-electron chi connectivity index (χ1n) is 16.5. The Bertz CT molecular complexity index is 1400. The van der Waals surface area contributed by atoms with Gasteiger partial charge >= 0.3 is 5.97 Å². The Morgan fingerprint density at radius 3 is 1.74 bits per heavy atom. The summed E-state index contributed by atoms with van der Waals surface area (Å²) < 4.78 is 81.6. The fourth-order valence-electron chi connectivity index (χ4n) is 5.37. The second-order valence-corrected chi connectivity index (χ2v) is 11.7. The van der Waals surface area contributed by atoms with E-state index in [9.17, 15) is 18.0 Å². The second-order valence-electron chi connectivity index (χ2n) is 11.7. The van der Waals surface area contributed by atoms with Crippen LogP contribution in [0.5, 0.6) is 11.5 Å². The average Bonchev–Trinajstić information content (AvgIpc) is 3.07. The lowest BCUT2D eigenvalue weighted by Gasteiger charge is -2.28. The fraction of sp³-hybridized carbons (Fsp3) is 0.486. The third-order valence-electron chi connectivity index (χ3n) is 8.16. The molecule has 0 atom stereocenters. The van der Waals surface area contributed by atoms with Gasteiger partial charge in [-0.3, -0.25) is 4.79 Å². The minimum Gasteiger partial charge on any atom is -0.490 e. The van der Waals surface area contributed by atoms with Crippen LogP contribution < -0.4 is 9.47 Å². The molecule has 1 saturated heterocycles. The Morgan fingerprint density at radius 2 is 1.15 bits per heavy atom. The van der Waals surface area contributed by atoms with E-state index in [1.165, 1.54) is 74.2 Å². The maximum Gasteiger partial charge on any atom is 0.319 e. The third kappa shape index (κ3) is 9.55. The molecule has 0 unspecified atom stereocenters. The molecule has 0 N–H and O–H groups in total. The number of carbonyl (C=O) groups excluding carboxylic acids is 1. The van der Waals surface area contributed by atoms with Crippen LogP contribution >= 0.6 is 0 Å². The summed E-state index contributed by atoms with van der Waals surface area (Å²) in [7, 11) is 0. The van der Waals surface area contributed by atoms with E-state index in [-0.39, 0.29) is 36.4 Å². The molecule has 0 spiro atoms. The van der Waals surface area contributed by atoms with Crippen molar-refractivity contribution in [2.75, 3.05) is 19.8 Å². The van der Waals surface area contributed by atoms with Gasteiger partial charge in [-0.2, -0.15) is 8.78 Å². The van der Waals surface area contributed by atoms with Gasteiger partial charge in [0, 0.05) is 11.1 Å². The summed E-state index contributed by atoms with van der Waals surface area (Å²) >= 11 is 0. The molecule has 4 rings (SSSR count). The van der Waals surface area contributed by atoms with Crippen molar-refractivity contribution in [3.8, 4) is 33.8 Å². The molecule has 0 amide bonds. The first kappa shape index (κ1) is 35.4. The van der Waals surface area contributed by atoms with Crippen LogP contribution in [0.3, 0.4) is 0 Å². The highest BCUT2D eigenvalue weighted by molar-refractivity contribution is 5.76. The van der Waals surface area contributed by atoms with Crippen molar-refractivity contribution >= 4 is 5.97 Å². The van der Waals surface area contributed by atoms with E-state index in [0.29, 0.717) is 17.7 Å². The number of benzene rings is 3. The number of hydrogen-bond acceptors (Lipinski definition) is 5. The molecule has 1 fully saturated rings. The van der Waals surface area contributed by atoms with E-state index in [1.807, 2.05) is 0 Å². The fourth-order valence-corrected chi connectivity index (χ4v) is 5.37. The number of unbranched alkanes of at least 4 members (excludes halogenated alkanes) is 8. The molecule has 0 aliphatic carbocycles. The number of hydrogen-bond donors (Lipinski definition) is 0. The van der Waals surface area contributed by atoms with E-state index < -0.39 is 40.9 Å². The average molecular weight is 645 g/mol. The molecule has 0 saturated carbocycles. The van der Waals surface area contributed by atoms with Crippen molar-refractivity contribution in [1.82, 2.24) is 0 Å². The normalized spacial score (nSPS) is 16.4. The smallest absolute Gasteiger partial charge is 0.319 e. The summed E-state index contributed by atoms with van der Waals surface area (Å²) in [5.41, 5.74) is 0.597. The van der Waals surface area contributed by atoms with Gasteiger partial charge in [0.2, 0.25) is 11.6 Å². The third-order valence-corrected chi connectivity index (χ3v) is 8.16. The molecule has 0 bridgehead atoms. The van der Waals surface area contributed by atoms with Crippen LogP contribution in [0, 0.1) is 29.2 Å². The van der Waals surface area contributed by atoms with Gasteiger partial charge in [0.05, 0.1) is 19.8 Å². The van der Waals surface area contributed by atoms with Crippen LogP contribution in [0.1, 0.15) is 84.5 Å². The predicted octanol–water partition coefficient (Wildman–Crippen LogP) is 10.2. The van der Waals surface area contributed by atoms with Crippen molar-refractivity contribution in [3.05, 3.63) is 71.8 Å². The van der Waals surface area contributed by atoms with Crippen LogP contribution in [0.2, 0.25) is 0 Å². The molecule has 0 radical (unpaired) electrons. The quantitative estimate of drug-likeness (QED) is 0.0634. The highest BCUT2D eigenvalue weighted by atomic mass is 19.2. The zero-order valence-corrected chi connectivity index (χ0v) is 26.7. The minimum atomic E-state index is -1.31. The van der Waals surface area contributed by atoms with Crippen molar-refractivity contribution < 1.29 is 41.3 Å². The summed E-state index contributed by atoms with van der Waals surface area (Å²) in [4.78, 5) is 12.6. The lowest BCUT2D eigenvalue weighted by atomic mass is 9.99. The Labute approximate surface area is 269 Å². The summed E-state index contributed by atoms with van der Waals surface area (Å²) in [6.45, 7) is 4.72. The first-order valence-corrected chi connectivity index (χ1v) is 16.5. The zero-order chi connectivity index (χ0) is 32.9. The molecule has 0 aromatic heterocycles. The lowest BCUT2D eigenvalue weighted by Crippen LogP contribution is -2.38. The maximum absolute atomic E-state index is 15.1. The second kappa shape index (κ2) is 18.0. The number of rotatable bonds is 17. The van der Waals surface area contributed by atoms with Crippen molar-refractivity contribution in [2.24, 2.45) is 5.92 Å². The monoisotopic (exact) mass is 644 g/mol. The Balaban J connectivity index is 1.33. The maximum atomic E-state index is 15.1. The van der Waals surface area contributed by atoms with Gasteiger partial charge in [0.15, 0.2) is 29.4 Å². The molecular weight excluding hydrogens is 600 g/mol. The van der Waals surface area contributed by atoms with E-state index in [4.69, 9.17) is 18.9 Å².